The van der Waals surface area contributed by atoms with Gasteiger partial charge in [-0.25, -0.2) is 4.79 Å². The zero-order valence-electron chi connectivity index (χ0n) is 29.8. The summed E-state index contributed by atoms with van der Waals surface area (Å²) in [5, 5.41) is 5.86. The van der Waals surface area contributed by atoms with Crippen molar-refractivity contribution < 1.29 is 19.1 Å². The van der Waals surface area contributed by atoms with Crippen LogP contribution in [0.3, 0.4) is 0 Å². The Hall–Kier alpha value is -2.11. The summed E-state index contributed by atoms with van der Waals surface area (Å²) in [7, 11) is 1.36. The van der Waals surface area contributed by atoms with Crippen molar-refractivity contribution in [2.75, 3.05) is 13.7 Å². The summed E-state index contributed by atoms with van der Waals surface area (Å²) in [6.07, 6.45) is 38.8. The molecule has 6 heteroatoms. The summed E-state index contributed by atoms with van der Waals surface area (Å²) < 4.78 is 4.91. The molecule has 0 aromatic heterocycles. The van der Waals surface area contributed by atoms with Crippen molar-refractivity contribution in [3.05, 3.63) is 24.3 Å². The van der Waals surface area contributed by atoms with Gasteiger partial charge in [-0.1, -0.05) is 115 Å². The lowest BCUT2D eigenvalue weighted by Crippen LogP contribution is -2.41. The molecule has 0 aliphatic carbocycles. The van der Waals surface area contributed by atoms with Crippen LogP contribution >= 0.6 is 0 Å². The topological polar surface area (TPSA) is 84.5 Å². The van der Waals surface area contributed by atoms with Gasteiger partial charge in [-0.2, -0.15) is 0 Å². The molecule has 2 N–H and O–H groups in total. The number of carbonyl (C=O) groups is 3. The summed E-state index contributed by atoms with van der Waals surface area (Å²) in [6, 6.07) is -0.617. The minimum Gasteiger partial charge on any atom is -0.467 e. The predicted molar refractivity (Wildman–Crippen MR) is 191 cm³/mol. The van der Waals surface area contributed by atoms with Crippen molar-refractivity contribution in [1.82, 2.24) is 10.6 Å². The van der Waals surface area contributed by atoms with Crippen LogP contribution in [0.1, 0.15) is 187 Å². The van der Waals surface area contributed by atoms with E-state index in [1.165, 1.54) is 110 Å². The van der Waals surface area contributed by atoms with Crippen molar-refractivity contribution in [1.29, 1.82) is 0 Å². The quantitative estimate of drug-likeness (QED) is 0.0428. The molecule has 45 heavy (non-hydrogen) atoms. The molecule has 0 heterocycles. The molecule has 0 spiro atoms. The third-order valence-corrected chi connectivity index (χ3v) is 8.39. The lowest BCUT2D eigenvalue weighted by atomic mass is 10.1. The number of unbranched alkanes of at least 4 members (excludes halogenated alkanes) is 19. The van der Waals surface area contributed by atoms with E-state index >= 15 is 0 Å². The summed E-state index contributed by atoms with van der Waals surface area (Å²) in [4.78, 5) is 36.8. The van der Waals surface area contributed by atoms with Crippen molar-refractivity contribution in [2.24, 2.45) is 0 Å². The lowest BCUT2D eigenvalue weighted by molar-refractivity contribution is -0.145. The average Bonchev–Trinajstić information content (AvgIpc) is 3.04. The van der Waals surface area contributed by atoms with E-state index < -0.39 is 12.0 Å². The van der Waals surface area contributed by atoms with Gasteiger partial charge in [0.1, 0.15) is 6.04 Å². The molecule has 0 aromatic rings. The second-order valence-electron chi connectivity index (χ2n) is 12.7. The van der Waals surface area contributed by atoms with E-state index in [2.05, 4.69) is 48.8 Å². The standard InChI is InChI=1S/C39H72N2O4/c1-4-6-8-10-12-14-16-18-20-22-24-26-28-33-37(42)40-35-31-30-32-36(39(44)45-3)41-38(43)34-29-27-25-23-21-19-17-15-13-11-9-7-5-2/h14-17,36H,4-13,18-35H2,1-3H3,(H,40,42)(H,41,43)/b16-14-,17-15-/t36-/m0/s1. The number of hydrogen-bond acceptors (Lipinski definition) is 4. The fraction of sp³-hybridized carbons (Fsp3) is 0.821. The Balaban J connectivity index is 3.78. The summed E-state index contributed by atoms with van der Waals surface area (Å²) in [6.45, 7) is 5.09. The molecule has 262 valence electrons. The molecule has 0 rings (SSSR count). The van der Waals surface area contributed by atoms with Crippen molar-refractivity contribution in [3.63, 3.8) is 0 Å². The Morgan fingerprint density at radius 1 is 0.533 bits per heavy atom. The van der Waals surface area contributed by atoms with E-state index in [0.717, 1.165) is 51.4 Å². The summed E-state index contributed by atoms with van der Waals surface area (Å²) in [5.74, 6) is -0.378. The smallest absolute Gasteiger partial charge is 0.328 e. The number of ether oxygens (including phenoxy) is 1. The molecule has 1 atom stereocenters. The molecule has 0 aliphatic rings. The zero-order valence-corrected chi connectivity index (χ0v) is 29.8. The minimum absolute atomic E-state index is 0.0843. The Morgan fingerprint density at radius 3 is 1.42 bits per heavy atom. The van der Waals surface area contributed by atoms with Crippen LogP contribution in [-0.2, 0) is 19.1 Å². The van der Waals surface area contributed by atoms with Crippen LogP contribution in [-0.4, -0.2) is 37.5 Å². The van der Waals surface area contributed by atoms with Gasteiger partial charge >= 0.3 is 5.97 Å². The molecule has 0 fully saturated rings. The second-order valence-corrected chi connectivity index (χ2v) is 12.7. The minimum atomic E-state index is -0.617. The molecule has 0 unspecified atom stereocenters. The average molecular weight is 633 g/mol. The first-order valence-corrected chi connectivity index (χ1v) is 19.0. The highest BCUT2D eigenvalue weighted by atomic mass is 16.5. The van der Waals surface area contributed by atoms with Gasteiger partial charge in [0.05, 0.1) is 7.11 Å². The molecule has 0 bridgehead atoms. The maximum atomic E-state index is 12.4. The van der Waals surface area contributed by atoms with Gasteiger partial charge in [0.2, 0.25) is 11.8 Å². The van der Waals surface area contributed by atoms with E-state index in [4.69, 9.17) is 4.74 Å². The third kappa shape index (κ3) is 31.7. The molecule has 0 aromatic carbocycles. The third-order valence-electron chi connectivity index (χ3n) is 8.39. The lowest BCUT2D eigenvalue weighted by Gasteiger charge is -2.16. The van der Waals surface area contributed by atoms with Gasteiger partial charge in [-0.15, -0.1) is 0 Å². The molecule has 0 saturated heterocycles. The number of nitrogens with one attached hydrogen (secondary N) is 2. The number of carbonyl (C=O) groups excluding carboxylic acids is 3. The number of hydrogen-bond donors (Lipinski definition) is 2. The van der Waals surface area contributed by atoms with Gasteiger partial charge in [-0.05, 0) is 83.5 Å². The Labute approximate surface area is 278 Å². The highest BCUT2D eigenvalue weighted by molar-refractivity contribution is 5.84. The van der Waals surface area contributed by atoms with Gasteiger partial charge in [0, 0.05) is 19.4 Å². The van der Waals surface area contributed by atoms with Crippen LogP contribution in [0.2, 0.25) is 0 Å². The van der Waals surface area contributed by atoms with Gasteiger partial charge in [0.15, 0.2) is 0 Å². The first-order valence-electron chi connectivity index (χ1n) is 19.0. The molecular weight excluding hydrogens is 560 g/mol. The van der Waals surface area contributed by atoms with Crippen LogP contribution < -0.4 is 10.6 Å². The van der Waals surface area contributed by atoms with E-state index in [0.29, 0.717) is 25.8 Å². The maximum absolute atomic E-state index is 12.4. The van der Waals surface area contributed by atoms with E-state index in [1.807, 2.05) is 0 Å². The summed E-state index contributed by atoms with van der Waals surface area (Å²) >= 11 is 0. The van der Waals surface area contributed by atoms with Crippen LogP contribution in [0.5, 0.6) is 0 Å². The molecular formula is C39H72N2O4. The highest BCUT2D eigenvalue weighted by Crippen LogP contribution is 2.11. The number of esters is 1. The number of methoxy groups -OCH3 is 1. The Bertz CT molecular complexity index is 749. The predicted octanol–water partition coefficient (Wildman–Crippen LogP) is 10.4. The SMILES string of the molecule is CCCCCC/C=C\CCCCCCCC(=O)NCCCC[C@H](NC(=O)CCCCCCC/C=C\CCCCCC)C(=O)OC. The fourth-order valence-electron chi connectivity index (χ4n) is 5.45. The van der Waals surface area contributed by atoms with E-state index in [-0.39, 0.29) is 11.8 Å². The Morgan fingerprint density at radius 2 is 0.956 bits per heavy atom. The van der Waals surface area contributed by atoms with Crippen molar-refractivity contribution >= 4 is 17.8 Å². The van der Waals surface area contributed by atoms with E-state index in [1.54, 1.807) is 0 Å². The van der Waals surface area contributed by atoms with Gasteiger partial charge < -0.3 is 15.4 Å². The first-order chi connectivity index (χ1) is 22.0. The molecule has 0 radical (unpaired) electrons. The number of amides is 2. The molecule has 0 aliphatic heterocycles. The van der Waals surface area contributed by atoms with E-state index in [9.17, 15) is 14.4 Å². The number of rotatable bonds is 33. The molecule has 0 saturated carbocycles. The molecule has 6 nitrogen and oxygen atoms in total. The largest absolute Gasteiger partial charge is 0.467 e. The van der Waals surface area contributed by atoms with Crippen LogP contribution in [0.25, 0.3) is 0 Å². The van der Waals surface area contributed by atoms with Gasteiger partial charge in [0.25, 0.3) is 0 Å². The summed E-state index contributed by atoms with van der Waals surface area (Å²) in [5.41, 5.74) is 0. The second kappa shape index (κ2) is 34.8. The number of allylic oxidation sites excluding steroid dienone is 4. The Kier molecular flexibility index (Phi) is 33.1. The highest BCUT2D eigenvalue weighted by Gasteiger charge is 2.20. The molecule has 2 amide bonds. The van der Waals surface area contributed by atoms with Gasteiger partial charge in [-0.3, -0.25) is 9.59 Å². The van der Waals surface area contributed by atoms with Crippen LogP contribution in [0.4, 0.5) is 0 Å². The van der Waals surface area contributed by atoms with Crippen molar-refractivity contribution in [3.8, 4) is 0 Å². The van der Waals surface area contributed by atoms with Crippen LogP contribution in [0, 0.1) is 0 Å². The maximum Gasteiger partial charge on any atom is 0.328 e. The first kappa shape index (κ1) is 42.9. The monoisotopic (exact) mass is 633 g/mol. The zero-order chi connectivity index (χ0) is 33.1. The van der Waals surface area contributed by atoms with Crippen LogP contribution in [0.15, 0.2) is 24.3 Å². The normalized spacial score (nSPS) is 12.2. The van der Waals surface area contributed by atoms with Crippen molar-refractivity contribution in [2.45, 2.75) is 193 Å². The fourth-order valence-corrected chi connectivity index (χ4v) is 5.45.